The first-order valence-corrected chi connectivity index (χ1v) is 7.29. The third kappa shape index (κ3) is 4.35. The Bertz CT molecular complexity index is 424. The summed E-state index contributed by atoms with van der Waals surface area (Å²) >= 11 is 0. The summed E-state index contributed by atoms with van der Waals surface area (Å²) in [7, 11) is 0. The summed E-state index contributed by atoms with van der Waals surface area (Å²) < 4.78 is 0. The summed E-state index contributed by atoms with van der Waals surface area (Å²) in [4.78, 5) is 6.96. The van der Waals surface area contributed by atoms with Crippen LogP contribution in [0, 0.1) is 6.92 Å². The first-order valence-electron chi connectivity index (χ1n) is 7.29. The molecule has 0 saturated heterocycles. The Morgan fingerprint density at radius 2 is 2.26 bits per heavy atom. The highest BCUT2D eigenvalue weighted by atomic mass is 15.2. The van der Waals surface area contributed by atoms with Crippen molar-refractivity contribution in [1.82, 2.24) is 10.3 Å². The lowest BCUT2D eigenvalue weighted by molar-refractivity contribution is 0.685. The molecule has 3 heteroatoms. The molecule has 1 saturated carbocycles. The topological polar surface area (TPSA) is 28.2 Å². The van der Waals surface area contributed by atoms with Crippen LogP contribution in [0.1, 0.15) is 37.4 Å². The van der Waals surface area contributed by atoms with E-state index in [2.05, 4.69) is 47.8 Å². The molecule has 0 spiro atoms. The van der Waals surface area contributed by atoms with Gasteiger partial charge >= 0.3 is 0 Å². The monoisotopic (exact) mass is 259 g/mol. The fourth-order valence-corrected chi connectivity index (χ4v) is 2.26. The zero-order chi connectivity index (χ0) is 13.7. The molecule has 1 N–H and O–H groups in total. The van der Waals surface area contributed by atoms with Crippen molar-refractivity contribution in [2.24, 2.45) is 0 Å². The van der Waals surface area contributed by atoms with Gasteiger partial charge in [0.1, 0.15) is 5.82 Å². The van der Waals surface area contributed by atoms with Gasteiger partial charge in [-0.05, 0) is 43.9 Å². The maximum atomic E-state index is 4.66. The molecule has 0 bridgehead atoms. The van der Waals surface area contributed by atoms with Gasteiger partial charge in [-0.15, -0.1) is 6.58 Å². The summed E-state index contributed by atoms with van der Waals surface area (Å²) in [6.07, 6.45) is 5.73. The van der Waals surface area contributed by atoms with Crippen LogP contribution in [0.25, 0.3) is 0 Å². The lowest BCUT2D eigenvalue weighted by Crippen LogP contribution is -2.25. The lowest BCUT2D eigenvalue weighted by Gasteiger charge is -2.22. The second-order valence-electron chi connectivity index (χ2n) is 5.36. The average molecular weight is 259 g/mol. The summed E-state index contributed by atoms with van der Waals surface area (Å²) in [5.41, 5.74) is 2.43. The molecule has 1 heterocycles. The van der Waals surface area contributed by atoms with Crippen LogP contribution in [0.2, 0.25) is 0 Å². The molecule has 0 aliphatic heterocycles. The van der Waals surface area contributed by atoms with Crippen LogP contribution in [0.5, 0.6) is 0 Å². The van der Waals surface area contributed by atoms with Crippen LogP contribution < -0.4 is 10.2 Å². The van der Waals surface area contributed by atoms with E-state index in [1.165, 1.54) is 18.4 Å². The maximum Gasteiger partial charge on any atom is 0.129 e. The quantitative estimate of drug-likeness (QED) is 0.727. The first kappa shape index (κ1) is 14.1. The summed E-state index contributed by atoms with van der Waals surface area (Å²) in [6.45, 7) is 10.9. The van der Waals surface area contributed by atoms with E-state index in [0.29, 0.717) is 0 Å². The predicted octanol–water partition coefficient (Wildman–Crippen LogP) is 3.04. The minimum absolute atomic E-state index is 0.747. The number of aromatic nitrogens is 1. The van der Waals surface area contributed by atoms with Crippen LogP contribution in [-0.4, -0.2) is 24.1 Å². The highest BCUT2D eigenvalue weighted by Gasteiger charge is 2.20. The molecule has 0 unspecified atom stereocenters. The molecule has 0 aromatic carbocycles. The van der Waals surface area contributed by atoms with Crippen LogP contribution in [0.3, 0.4) is 0 Å². The van der Waals surface area contributed by atoms with Gasteiger partial charge in [-0.3, -0.25) is 0 Å². The van der Waals surface area contributed by atoms with E-state index >= 15 is 0 Å². The fraction of sp³-hybridized carbons (Fsp3) is 0.562. The highest BCUT2D eigenvalue weighted by molar-refractivity contribution is 5.43. The molecule has 1 fully saturated rings. The van der Waals surface area contributed by atoms with Gasteiger partial charge in [0.2, 0.25) is 0 Å². The first-order chi connectivity index (χ1) is 9.22. The van der Waals surface area contributed by atoms with Gasteiger partial charge in [-0.25, -0.2) is 4.98 Å². The molecular weight excluding hydrogens is 234 g/mol. The maximum absolute atomic E-state index is 4.66. The van der Waals surface area contributed by atoms with Gasteiger partial charge in [-0.2, -0.15) is 0 Å². The zero-order valence-corrected chi connectivity index (χ0v) is 12.2. The second-order valence-corrected chi connectivity index (χ2v) is 5.36. The number of nitrogens with one attached hydrogen (secondary N) is 1. The largest absolute Gasteiger partial charge is 0.353 e. The second kappa shape index (κ2) is 6.71. The molecule has 2 rings (SSSR count). The summed E-state index contributed by atoms with van der Waals surface area (Å²) in [5.74, 6) is 1.08. The van der Waals surface area contributed by atoms with Crippen molar-refractivity contribution in [3.8, 4) is 0 Å². The molecule has 1 aromatic heterocycles. The normalized spacial score (nSPS) is 14.4. The Balaban J connectivity index is 2.10. The van der Waals surface area contributed by atoms with Crippen molar-refractivity contribution in [2.75, 3.05) is 18.0 Å². The van der Waals surface area contributed by atoms with E-state index in [-0.39, 0.29) is 0 Å². The van der Waals surface area contributed by atoms with Crippen molar-refractivity contribution in [3.05, 3.63) is 36.0 Å². The Morgan fingerprint density at radius 3 is 2.89 bits per heavy atom. The molecule has 3 nitrogen and oxygen atoms in total. The number of pyridine rings is 1. The SMILES string of the molecule is C=CCN(CCC)c1cc(CNC2CC2)cc(C)n1. The number of rotatable bonds is 8. The van der Waals surface area contributed by atoms with Gasteiger partial charge in [0.25, 0.3) is 0 Å². The molecule has 1 aliphatic rings. The van der Waals surface area contributed by atoms with E-state index in [9.17, 15) is 0 Å². The van der Waals surface area contributed by atoms with E-state index < -0.39 is 0 Å². The van der Waals surface area contributed by atoms with Gasteiger partial charge in [-0.1, -0.05) is 13.0 Å². The van der Waals surface area contributed by atoms with Crippen molar-refractivity contribution < 1.29 is 0 Å². The third-order valence-corrected chi connectivity index (χ3v) is 3.34. The minimum Gasteiger partial charge on any atom is -0.353 e. The van der Waals surface area contributed by atoms with Crippen LogP contribution in [-0.2, 0) is 6.54 Å². The molecule has 1 aliphatic carbocycles. The van der Waals surface area contributed by atoms with Crippen molar-refractivity contribution >= 4 is 5.82 Å². The molecule has 104 valence electrons. The molecule has 0 amide bonds. The van der Waals surface area contributed by atoms with Crippen LogP contribution in [0.4, 0.5) is 5.82 Å². The Morgan fingerprint density at radius 1 is 1.47 bits per heavy atom. The number of aryl methyl sites for hydroxylation is 1. The smallest absolute Gasteiger partial charge is 0.129 e. The van der Waals surface area contributed by atoms with Crippen molar-refractivity contribution in [3.63, 3.8) is 0 Å². The molecule has 0 radical (unpaired) electrons. The molecule has 1 aromatic rings. The Hall–Kier alpha value is -1.35. The van der Waals surface area contributed by atoms with E-state index in [4.69, 9.17) is 0 Å². The van der Waals surface area contributed by atoms with Crippen LogP contribution >= 0.6 is 0 Å². The van der Waals surface area contributed by atoms with Gasteiger partial charge < -0.3 is 10.2 Å². The van der Waals surface area contributed by atoms with Crippen LogP contribution in [0.15, 0.2) is 24.8 Å². The van der Waals surface area contributed by atoms with E-state index in [1.54, 1.807) is 0 Å². The summed E-state index contributed by atoms with van der Waals surface area (Å²) in [5, 5.41) is 3.56. The van der Waals surface area contributed by atoms with Crippen molar-refractivity contribution in [2.45, 2.75) is 45.7 Å². The number of hydrogen-bond acceptors (Lipinski definition) is 3. The standard InChI is InChI=1S/C16H25N3/c1-4-8-19(9-5-2)16-11-14(10-13(3)18-16)12-17-15-6-7-15/h4,10-11,15,17H,1,5-9,12H2,2-3H3. The fourth-order valence-electron chi connectivity index (χ4n) is 2.26. The van der Waals surface area contributed by atoms with E-state index in [1.807, 2.05) is 6.08 Å². The zero-order valence-electron chi connectivity index (χ0n) is 12.2. The number of anilines is 1. The van der Waals surface area contributed by atoms with Gasteiger partial charge in [0, 0.05) is 31.4 Å². The minimum atomic E-state index is 0.747. The molecule has 0 atom stereocenters. The Labute approximate surface area is 116 Å². The number of hydrogen-bond donors (Lipinski definition) is 1. The number of nitrogens with zero attached hydrogens (tertiary/aromatic N) is 2. The lowest BCUT2D eigenvalue weighted by atomic mass is 10.2. The van der Waals surface area contributed by atoms with Gasteiger partial charge in [0.05, 0.1) is 0 Å². The average Bonchev–Trinajstić information content (AvgIpc) is 3.19. The molecule has 19 heavy (non-hydrogen) atoms. The van der Waals surface area contributed by atoms with Gasteiger partial charge in [0.15, 0.2) is 0 Å². The predicted molar refractivity (Wildman–Crippen MR) is 81.5 cm³/mol. The van der Waals surface area contributed by atoms with E-state index in [0.717, 1.165) is 43.6 Å². The highest BCUT2D eigenvalue weighted by Crippen LogP contribution is 2.20. The van der Waals surface area contributed by atoms with Crippen molar-refractivity contribution in [1.29, 1.82) is 0 Å². The molecular formula is C16H25N3. The Kier molecular flexibility index (Phi) is 4.97. The third-order valence-electron chi connectivity index (χ3n) is 3.34. The summed E-state index contributed by atoms with van der Waals surface area (Å²) in [6, 6.07) is 5.13.